The van der Waals surface area contributed by atoms with Crippen LogP contribution in [0.1, 0.15) is 26.2 Å². The average molecular weight is 230 g/mol. The maximum Gasteiger partial charge on any atom is 0.315 e. The molecule has 86 valence electrons. The number of hydrogen-bond acceptors (Lipinski definition) is 3. The molecular formula is C10H18N2O2S. The number of thioether (sulfide) groups is 1. The van der Waals surface area contributed by atoms with Gasteiger partial charge in [-0.15, -0.1) is 0 Å². The summed E-state index contributed by atoms with van der Waals surface area (Å²) in [6.07, 6.45) is 2.71. The molecule has 0 radical (unpaired) electrons. The highest BCUT2D eigenvalue weighted by molar-refractivity contribution is 8.00. The van der Waals surface area contributed by atoms with Crippen LogP contribution in [0.25, 0.3) is 0 Å². The maximum atomic E-state index is 11.1. The molecule has 0 saturated carbocycles. The summed E-state index contributed by atoms with van der Waals surface area (Å²) in [5.41, 5.74) is 0. The van der Waals surface area contributed by atoms with E-state index < -0.39 is 0 Å². The Morgan fingerprint density at radius 3 is 3.13 bits per heavy atom. The number of aliphatic hydroxyl groups is 1. The highest BCUT2D eigenvalue weighted by atomic mass is 32.2. The summed E-state index contributed by atoms with van der Waals surface area (Å²) < 4.78 is 0. The van der Waals surface area contributed by atoms with Crippen LogP contribution in [0.15, 0.2) is 0 Å². The lowest BCUT2D eigenvalue weighted by Crippen LogP contribution is -2.42. The van der Waals surface area contributed by atoms with Gasteiger partial charge in [-0.05, 0) is 6.42 Å². The zero-order valence-corrected chi connectivity index (χ0v) is 9.72. The third-order valence-corrected chi connectivity index (χ3v) is 4.65. The van der Waals surface area contributed by atoms with E-state index in [-0.39, 0.29) is 29.5 Å². The number of urea groups is 1. The Kier molecular flexibility index (Phi) is 3.41. The van der Waals surface area contributed by atoms with Crippen molar-refractivity contribution >= 4 is 17.8 Å². The zero-order chi connectivity index (χ0) is 10.8. The van der Waals surface area contributed by atoms with E-state index in [1.54, 1.807) is 11.8 Å². The van der Waals surface area contributed by atoms with E-state index in [4.69, 9.17) is 0 Å². The van der Waals surface area contributed by atoms with Crippen molar-refractivity contribution < 1.29 is 9.90 Å². The summed E-state index contributed by atoms with van der Waals surface area (Å²) in [6.45, 7) is 2.12. The summed E-state index contributed by atoms with van der Waals surface area (Å²) in [5.74, 6) is 0.914. The van der Waals surface area contributed by atoms with E-state index in [0.29, 0.717) is 0 Å². The first kappa shape index (κ1) is 11.1. The average Bonchev–Trinajstić information content (AvgIpc) is 2.72. The number of carbonyl (C=O) groups is 1. The molecular weight excluding hydrogens is 212 g/mol. The first-order chi connectivity index (χ1) is 7.22. The van der Waals surface area contributed by atoms with E-state index in [1.165, 1.54) is 0 Å². The predicted molar refractivity (Wildman–Crippen MR) is 61.0 cm³/mol. The van der Waals surface area contributed by atoms with Gasteiger partial charge in [0.15, 0.2) is 0 Å². The lowest BCUT2D eigenvalue weighted by molar-refractivity contribution is 0.148. The molecule has 0 spiro atoms. The fourth-order valence-electron chi connectivity index (χ4n) is 2.25. The monoisotopic (exact) mass is 230 g/mol. The number of amides is 2. The van der Waals surface area contributed by atoms with Gasteiger partial charge < -0.3 is 15.7 Å². The molecule has 2 amide bonds. The van der Waals surface area contributed by atoms with Crippen molar-refractivity contribution in [3.05, 3.63) is 0 Å². The SMILES string of the molecule is CCCCC(O)[C@@H]1SC[C@@H]2NC(=O)N[C@H]21. The van der Waals surface area contributed by atoms with E-state index in [1.807, 2.05) is 0 Å². The van der Waals surface area contributed by atoms with Crippen molar-refractivity contribution in [1.29, 1.82) is 0 Å². The minimum atomic E-state index is -0.287. The van der Waals surface area contributed by atoms with Crippen LogP contribution in [0.2, 0.25) is 0 Å². The molecule has 0 aliphatic carbocycles. The van der Waals surface area contributed by atoms with E-state index >= 15 is 0 Å². The molecule has 2 rings (SSSR count). The van der Waals surface area contributed by atoms with Crippen LogP contribution in [0.4, 0.5) is 4.79 Å². The summed E-state index contributed by atoms with van der Waals surface area (Å²) in [6, 6.07) is 0.246. The molecule has 1 unspecified atom stereocenters. The van der Waals surface area contributed by atoms with Crippen molar-refractivity contribution in [1.82, 2.24) is 10.6 Å². The zero-order valence-electron chi connectivity index (χ0n) is 8.90. The molecule has 4 atom stereocenters. The van der Waals surface area contributed by atoms with Crippen LogP contribution < -0.4 is 10.6 Å². The summed E-state index contributed by atoms with van der Waals surface area (Å²) >= 11 is 1.77. The Balaban J connectivity index is 1.90. The van der Waals surface area contributed by atoms with Gasteiger partial charge in [-0.25, -0.2) is 4.79 Å². The van der Waals surface area contributed by atoms with Crippen molar-refractivity contribution in [3.8, 4) is 0 Å². The van der Waals surface area contributed by atoms with Gasteiger partial charge in [-0.2, -0.15) is 11.8 Å². The van der Waals surface area contributed by atoms with Gasteiger partial charge in [-0.3, -0.25) is 0 Å². The largest absolute Gasteiger partial charge is 0.392 e. The van der Waals surface area contributed by atoms with Crippen molar-refractivity contribution in [2.75, 3.05) is 5.75 Å². The third kappa shape index (κ3) is 2.23. The molecule has 0 aromatic carbocycles. The van der Waals surface area contributed by atoms with E-state index in [0.717, 1.165) is 25.0 Å². The second-order valence-corrected chi connectivity index (χ2v) is 5.47. The molecule has 2 saturated heterocycles. The lowest BCUT2D eigenvalue weighted by Gasteiger charge is -2.22. The third-order valence-electron chi connectivity index (χ3n) is 3.10. The highest BCUT2D eigenvalue weighted by Gasteiger charge is 2.45. The molecule has 2 fully saturated rings. The summed E-state index contributed by atoms with van der Waals surface area (Å²) in [7, 11) is 0. The molecule has 4 nitrogen and oxygen atoms in total. The Morgan fingerprint density at radius 2 is 2.40 bits per heavy atom. The van der Waals surface area contributed by atoms with Gasteiger partial charge in [0.25, 0.3) is 0 Å². The number of unbranched alkanes of at least 4 members (excludes halogenated alkanes) is 1. The van der Waals surface area contributed by atoms with Crippen LogP contribution in [0, 0.1) is 0 Å². The van der Waals surface area contributed by atoms with Crippen LogP contribution in [-0.4, -0.2) is 40.3 Å². The molecule has 5 heteroatoms. The van der Waals surface area contributed by atoms with E-state index in [2.05, 4.69) is 17.6 Å². The van der Waals surface area contributed by atoms with Gasteiger partial charge in [0.1, 0.15) is 0 Å². The standard InChI is InChI=1S/C10H18N2O2S/c1-2-3-4-7(13)9-8-6(5-15-9)11-10(14)12-8/h6-9,13H,2-5H2,1H3,(H2,11,12,14)/t6-,7?,8+,9-/m0/s1. The Morgan fingerprint density at radius 1 is 1.60 bits per heavy atom. The van der Waals surface area contributed by atoms with Gasteiger partial charge >= 0.3 is 6.03 Å². The summed E-state index contributed by atoms with van der Waals surface area (Å²) in [5, 5.41) is 15.9. The Labute approximate surface area is 94.2 Å². The molecule has 3 N–H and O–H groups in total. The van der Waals surface area contributed by atoms with Gasteiger partial charge in [-0.1, -0.05) is 19.8 Å². The van der Waals surface area contributed by atoms with Gasteiger partial charge in [0.2, 0.25) is 0 Å². The number of hydrogen-bond donors (Lipinski definition) is 3. The minimum absolute atomic E-state index is 0.0852. The number of fused-ring (bicyclic) bond motifs is 1. The fraction of sp³-hybridized carbons (Fsp3) is 0.900. The quantitative estimate of drug-likeness (QED) is 0.623. The molecule has 0 bridgehead atoms. The van der Waals surface area contributed by atoms with Crippen molar-refractivity contribution in [2.45, 2.75) is 49.6 Å². The molecule has 2 aliphatic heterocycles. The maximum absolute atomic E-state index is 11.1. The Bertz CT molecular complexity index is 250. The lowest BCUT2D eigenvalue weighted by atomic mass is 10.0. The van der Waals surface area contributed by atoms with Gasteiger partial charge in [0.05, 0.1) is 23.4 Å². The smallest absolute Gasteiger partial charge is 0.315 e. The second kappa shape index (κ2) is 4.61. The summed E-state index contributed by atoms with van der Waals surface area (Å²) in [4.78, 5) is 11.1. The second-order valence-electron chi connectivity index (χ2n) is 4.26. The van der Waals surface area contributed by atoms with Crippen molar-refractivity contribution in [2.24, 2.45) is 0 Å². The molecule has 15 heavy (non-hydrogen) atoms. The molecule has 0 aromatic heterocycles. The first-order valence-corrected chi connectivity index (χ1v) is 6.64. The number of nitrogens with one attached hydrogen (secondary N) is 2. The van der Waals surface area contributed by atoms with Gasteiger partial charge in [0, 0.05) is 5.75 Å². The van der Waals surface area contributed by atoms with Crippen LogP contribution >= 0.6 is 11.8 Å². The Hall–Kier alpha value is -0.420. The fourth-order valence-corrected chi connectivity index (χ4v) is 3.80. The predicted octanol–water partition coefficient (Wildman–Crippen LogP) is 0.703. The number of aliphatic hydroxyl groups excluding tert-OH is 1. The number of rotatable bonds is 4. The van der Waals surface area contributed by atoms with Crippen LogP contribution in [-0.2, 0) is 0 Å². The number of carbonyl (C=O) groups excluding carboxylic acids is 1. The van der Waals surface area contributed by atoms with Crippen LogP contribution in [0.5, 0.6) is 0 Å². The normalized spacial score (nSPS) is 35.9. The van der Waals surface area contributed by atoms with Crippen LogP contribution in [0.3, 0.4) is 0 Å². The topological polar surface area (TPSA) is 61.4 Å². The van der Waals surface area contributed by atoms with E-state index in [9.17, 15) is 9.90 Å². The highest BCUT2D eigenvalue weighted by Crippen LogP contribution is 2.33. The molecule has 0 aromatic rings. The first-order valence-electron chi connectivity index (χ1n) is 5.59. The van der Waals surface area contributed by atoms with Crippen molar-refractivity contribution in [3.63, 3.8) is 0 Å². The minimum Gasteiger partial charge on any atom is -0.392 e. The molecule has 2 heterocycles. The molecule has 2 aliphatic rings.